The monoisotopic (exact) mass is 338 g/mol. The largest absolute Gasteiger partial charge is 0.418 e. The number of H-pyrrole nitrogens is 1. The number of imidazole rings is 1. The maximum Gasteiger partial charge on any atom is 0.418 e. The van der Waals surface area contributed by atoms with Crippen molar-refractivity contribution in [3.63, 3.8) is 0 Å². The van der Waals surface area contributed by atoms with Crippen LogP contribution in [0, 0.1) is 5.92 Å². The van der Waals surface area contributed by atoms with E-state index in [9.17, 15) is 26.3 Å². The van der Waals surface area contributed by atoms with Crippen molar-refractivity contribution >= 4 is 11.0 Å². The Balaban J connectivity index is 2.46. The van der Waals surface area contributed by atoms with Gasteiger partial charge in [0.2, 0.25) is 0 Å². The molecular weight excluding hydrogens is 322 g/mol. The first-order chi connectivity index (χ1) is 10.5. The van der Waals surface area contributed by atoms with Crippen LogP contribution in [-0.4, -0.2) is 9.97 Å². The topological polar surface area (TPSA) is 28.7 Å². The number of halogens is 6. The lowest BCUT2D eigenvalue weighted by Gasteiger charge is -2.11. The Morgan fingerprint density at radius 3 is 2.22 bits per heavy atom. The number of rotatable bonds is 4. The average molecular weight is 338 g/mol. The molecule has 0 radical (unpaired) electrons. The summed E-state index contributed by atoms with van der Waals surface area (Å²) in [5, 5.41) is 0. The summed E-state index contributed by atoms with van der Waals surface area (Å²) in [6, 6.07) is 0.782. The zero-order valence-electron chi connectivity index (χ0n) is 12.6. The van der Waals surface area contributed by atoms with E-state index in [1.807, 2.05) is 13.8 Å². The Bertz CT molecular complexity index is 682. The van der Waals surface area contributed by atoms with Gasteiger partial charge in [0.25, 0.3) is 0 Å². The molecule has 0 atom stereocenters. The summed E-state index contributed by atoms with van der Waals surface area (Å²) in [5.41, 5.74) is -3.42. The smallest absolute Gasteiger partial charge is 0.342 e. The van der Waals surface area contributed by atoms with Gasteiger partial charge >= 0.3 is 12.4 Å². The lowest BCUT2D eigenvalue weighted by atomic mass is 10.1. The predicted octanol–water partition coefficient (Wildman–Crippen LogP) is 5.58. The molecule has 1 aromatic carbocycles. The molecule has 0 fully saturated rings. The number of benzene rings is 1. The molecule has 0 saturated heterocycles. The minimum Gasteiger partial charge on any atom is -0.342 e. The van der Waals surface area contributed by atoms with Gasteiger partial charge in [0.15, 0.2) is 0 Å². The van der Waals surface area contributed by atoms with Crippen LogP contribution < -0.4 is 0 Å². The van der Waals surface area contributed by atoms with Gasteiger partial charge < -0.3 is 4.98 Å². The summed E-state index contributed by atoms with van der Waals surface area (Å²) >= 11 is 0. The maximum atomic E-state index is 13.0. The quantitative estimate of drug-likeness (QED) is 0.725. The number of nitrogens with one attached hydrogen (secondary N) is 1. The van der Waals surface area contributed by atoms with E-state index in [1.165, 1.54) is 0 Å². The third-order valence-corrected chi connectivity index (χ3v) is 3.46. The lowest BCUT2D eigenvalue weighted by Crippen LogP contribution is -2.11. The minimum atomic E-state index is -4.90. The van der Waals surface area contributed by atoms with E-state index in [4.69, 9.17) is 0 Å². The first-order valence-electron chi connectivity index (χ1n) is 7.15. The first kappa shape index (κ1) is 17.6. The summed E-state index contributed by atoms with van der Waals surface area (Å²) in [7, 11) is 0. The van der Waals surface area contributed by atoms with Crippen LogP contribution >= 0.6 is 0 Å². The molecule has 1 N–H and O–H groups in total. The van der Waals surface area contributed by atoms with Crippen LogP contribution in [0.25, 0.3) is 11.0 Å². The number of hydrogen-bond acceptors (Lipinski definition) is 1. The molecule has 128 valence electrons. The van der Waals surface area contributed by atoms with Crippen LogP contribution in [0.5, 0.6) is 0 Å². The summed E-state index contributed by atoms with van der Waals surface area (Å²) in [4.78, 5) is 6.44. The normalized spacial score (nSPS) is 13.3. The maximum absolute atomic E-state index is 13.0. The first-order valence-corrected chi connectivity index (χ1v) is 7.15. The SMILES string of the molecule is CC(C)CCCc1nc2c(C(F)(F)F)cc(C(F)(F)F)cc2[nH]1. The number of fused-ring (bicyclic) bond motifs is 1. The molecule has 1 heterocycles. The molecule has 1 aromatic heterocycles. The predicted molar refractivity (Wildman–Crippen MR) is 73.9 cm³/mol. The molecule has 0 spiro atoms. The van der Waals surface area contributed by atoms with E-state index in [2.05, 4.69) is 9.97 Å². The highest BCUT2D eigenvalue weighted by molar-refractivity contribution is 5.80. The van der Waals surface area contributed by atoms with Crippen LogP contribution in [0.2, 0.25) is 0 Å². The van der Waals surface area contributed by atoms with Gasteiger partial charge in [-0.3, -0.25) is 0 Å². The molecule has 0 aliphatic rings. The second kappa shape index (κ2) is 6.05. The van der Waals surface area contributed by atoms with Crippen molar-refractivity contribution < 1.29 is 26.3 Å². The van der Waals surface area contributed by atoms with Gasteiger partial charge in [0.1, 0.15) is 11.3 Å². The molecule has 0 amide bonds. The third kappa shape index (κ3) is 4.17. The Kier molecular flexibility index (Phi) is 4.64. The second-order valence-electron chi connectivity index (χ2n) is 5.89. The highest BCUT2D eigenvalue weighted by Crippen LogP contribution is 2.39. The minimum absolute atomic E-state index is 0.112. The van der Waals surface area contributed by atoms with Crippen molar-refractivity contribution in [2.75, 3.05) is 0 Å². The number of aromatic amines is 1. The van der Waals surface area contributed by atoms with Crippen molar-refractivity contribution in [3.8, 4) is 0 Å². The molecule has 0 unspecified atom stereocenters. The van der Waals surface area contributed by atoms with Crippen molar-refractivity contribution in [2.24, 2.45) is 5.92 Å². The van der Waals surface area contributed by atoms with E-state index >= 15 is 0 Å². The van der Waals surface area contributed by atoms with Crippen LogP contribution in [0.1, 0.15) is 43.6 Å². The Labute approximate surface area is 128 Å². The molecule has 23 heavy (non-hydrogen) atoms. The summed E-state index contributed by atoms with van der Waals surface area (Å²) in [5.74, 6) is 0.701. The lowest BCUT2D eigenvalue weighted by molar-refractivity contribution is -0.142. The highest BCUT2D eigenvalue weighted by Gasteiger charge is 2.39. The van der Waals surface area contributed by atoms with Crippen LogP contribution in [-0.2, 0) is 18.8 Å². The summed E-state index contributed by atoms with van der Waals surface area (Å²) in [6.45, 7) is 4.02. The van der Waals surface area contributed by atoms with Gasteiger partial charge in [-0.25, -0.2) is 4.98 Å². The van der Waals surface area contributed by atoms with E-state index in [-0.39, 0.29) is 17.4 Å². The molecular formula is C15H16F6N2. The zero-order valence-corrected chi connectivity index (χ0v) is 12.6. The molecule has 0 bridgehead atoms. The van der Waals surface area contributed by atoms with Gasteiger partial charge in [-0.15, -0.1) is 0 Å². The van der Waals surface area contributed by atoms with Gasteiger partial charge in [0.05, 0.1) is 16.6 Å². The number of alkyl halides is 6. The van der Waals surface area contributed by atoms with E-state index in [0.717, 1.165) is 6.42 Å². The molecule has 2 aromatic rings. The van der Waals surface area contributed by atoms with Gasteiger partial charge in [0, 0.05) is 6.42 Å². The van der Waals surface area contributed by atoms with Gasteiger partial charge in [-0.1, -0.05) is 20.3 Å². The standard InChI is InChI=1S/C15H16F6N2/c1-8(2)4-3-5-12-22-11-7-9(14(16,17)18)6-10(13(11)23-12)15(19,20)21/h6-8H,3-5H2,1-2H3,(H,22,23). The van der Waals surface area contributed by atoms with Crippen LogP contribution in [0.15, 0.2) is 12.1 Å². The van der Waals surface area contributed by atoms with Crippen molar-refractivity contribution in [2.45, 2.75) is 45.5 Å². The van der Waals surface area contributed by atoms with Crippen molar-refractivity contribution in [3.05, 3.63) is 29.1 Å². The third-order valence-electron chi connectivity index (χ3n) is 3.46. The number of hydrogen-bond donors (Lipinski definition) is 1. The zero-order chi connectivity index (χ0) is 17.4. The molecule has 2 nitrogen and oxygen atoms in total. The van der Waals surface area contributed by atoms with E-state index in [1.54, 1.807) is 0 Å². The highest BCUT2D eigenvalue weighted by atomic mass is 19.4. The summed E-state index contributed by atoms with van der Waals surface area (Å²) in [6.07, 6.45) is -7.80. The molecule has 0 aliphatic heterocycles. The number of nitrogens with zero attached hydrogens (tertiary/aromatic N) is 1. The Morgan fingerprint density at radius 1 is 1.04 bits per heavy atom. The fourth-order valence-corrected chi connectivity index (χ4v) is 2.34. The number of aryl methyl sites for hydroxylation is 1. The fourth-order valence-electron chi connectivity index (χ4n) is 2.34. The second-order valence-corrected chi connectivity index (χ2v) is 5.89. The molecule has 2 rings (SSSR count). The van der Waals surface area contributed by atoms with Gasteiger partial charge in [-0.05, 0) is 24.5 Å². The van der Waals surface area contributed by atoms with Crippen LogP contribution in [0.4, 0.5) is 26.3 Å². The fraction of sp³-hybridized carbons (Fsp3) is 0.533. The summed E-state index contributed by atoms with van der Waals surface area (Å²) < 4.78 is 77.4. The average Bonchev–Trinajstić information content (AvgIpc) is 2.77. The van der Waals surface area contributed by atoms with Crippen LogP contribution in [0.3, 0.4) is 0 Å². The Hall–Kier alpha value is -1.73. The molecule has 0 aliphatic carbocycles. The van der Waals surface area contributed by atoms with E-state index in [0.29, 0.717) is 24.8 Å². The Morgan fingerprint density at radius 2 is 1.70 bits per heavy atom. The van der Waals surface area contributed by atoms with Crippen molar-refractivity contribution in [1.29, 1.82) is 0 Å². The van der Waals surface area contributed by atoms with E-state index < -0.39 is 29.0 Å². The number of aromatic nitrogens is 2. The molecule has 8 heteroatoms. The van der Waals surface area contributed by atoms with Gasteiger partial charge in [-0.2, -0.15) is 26.3 Å². The molecule has 0 saturated carbocycles. The van der Waals surface area contributed by atoms with Crippen molar-refractivity contribution in [1.82, 2.24) is 9.97 Å².